The topological polar surface area (TPSA) is 125 Å². The van der Waals surface area contributed by atoms with E-state index in [-0.39, 0.29) is 11.3 Å². The lowest BCUT2D eigenvalue weighted by molar-refractivity contribution is -0.384. The number of nitro groups is 1. The third-order valence-corrected chi connectivity index (χ3v) is 5.21. The van der Waals surface area contributed by atoms with Crippen LogP contribution in [0.1, 0.15) is 5.56 Å². The molecule has 10 nitrogen and oxygen atoms in total. The average molecular weight is 421 g/mol. The van der Waals surface area contributed by atoms with Crippen LogP contribution in [-0.2, 0) is 9.59 Å². The molecule has 2 heterocycles. The van der Waals surface area contributed by atoms with E-state index in [0.29, 0.717) is 24.3 Å². The number of imide groups is 2. The molecule has 2 aliphatic rings. The van der Waals surface area contributed by atoms with Crippen molar-refractivity contribution in [1.29, 1.82) is 0 Å². The van der Waals surface area contributed by atoms with Gasteiger partial charge in [-0.2, -0.15) is 0 Å². The fourth-order valence-corrected chi connectivity index (χ4v) is 3.67. The summed E-state index contributed by atoms with van der Waals surface area (Å²) in [5, 5.41) is 15.3. The third-order valence-electron chi connectivity index (χ3n) is 5.21. The minimum atomic E-state index is -0.900. The van der Waals surface area contributed by atoms with E-state index >= 15 is 0 Å². The fraction of sp³-hybridized carbons (Fsp3) is 0.190. The number of benzene rings is 2. The molecule has 2 fully saturated rings. The Balaban J connectivity index is 1.63. The summed E-state index contributed by atoms with van der Waals surface area (Å²) in [5.74, 6) is -1.69. The first-order valence-electron chi connectivity index (χ1n) is 9.64. The van der Waals surface area contributed by atoms with Crippen molar-refractivity contribution in [3.05, 3.63) is 69.8 Å². The number of hydrogen-bond acceptors (Lipinski definition) is 7. The molecule has 2 N–H and O–H groups in total. The van der Waals surface area contributed by atoms with Gasteiger partial charge in [-0.15, -0.1) is 0 Å². The van der Waals surface area contributed by atoms with Crippen LogP contribution in [-0.4, -0.2) is 48.9 Å². The molecule has 2 aliphatic heterocycles. The van der Waals surface area contributed by atoms with E-state index in [0.717, 1.165) is 18.8 Å². The number of rotatable bonds is 4. The second-order valence-electron chi connectivity index (χ2n) is 7.11. The van der Waals surface area contributed by atoms with Crippen LogP contribution in [0.5, 0.6) is 0 Å². The summed E-state index contributed by atoms with van der Waals surface area (Å²) in [4.78, 5) is 50.5. The first kappa shape index (κ1) is 20.1. The summed E-state index contributed by atoms with van der Waals surface area (Å²) in [7, 11) is 0. The van der Waals surface area contributed by atoms with E-state index < -0.39 is 22.8 Å². The number of piperazine rings is 1. The molecule has 31 heavy (non-hydrogen) atoms. The molecule has 0 saturated carbocycles. The summed E-state index contributed by atoms with van der Waals surface area (Å²) in [6.45, 7) is 2.79. The minimum absolute atomic E-state index is 0.161. The number of barbiturate groups is 1. The molecular formula is C21H19N5O5. The largest absolute Gasteiger partial charge is 0.368 e. The first-order chi connectivity index (χ1) is 14.9. The van der Waals surface area contributed by atoms with Gasteiger partial charge in [0.15, 0.2) is 0 Å². The van der Waals surface area contributed by atoms with E-state index in [4.69, 9.17) is 0 Å². The van der Waals surface area contributed by atoms with E-state index in [1.54, 1.807) is 6.07 Å². The molecule has 2 aromatic rings. The molecule has 4 amide bonds. The van der Waals surface area contributed by atoms with Crippen LogP contribution < -0.4 is 20.4 Å². The molecule has 158 valence electrons. The molecular weight excluding hydrogens is 402 g/mol. The zero-order chi connectivity index (χ0) is 22.0. The number of hydrogen-bond donors (Lipinski definition) is 2. The standard InChI is InChI=1S/C21H19N5O5/c27-19-17(20(28)23-21(29)22-19)13-14-12-16(26(30)31)6-7-18(14)25-10-8-24(9-11-25)15-4-2-1-3-5-15/h1-7,12-13H,8-11H2,(H2,22,23,27,28,29). The van der Waals surface area contributed by atoms with Gasteiger partial charge in [-0.05, 0) is 24.3 Å². The molecule has 0 aliphatic carbocycles. The molecule has 2 saturated heterocycles. The van der Waals surface area contributed by atoms with Gasteiger partial charge in [0.2, 0.25) is 0 Å². The normalized spacial score (nSPS) is 16.6. The molecule has 4 rings (SSSR count). The zero-order valence-electron chi connectivity index (χ0n) is 16.4. The SMILES string of the molecule is O=C1NC(=O)C(=Cc2cc([N+](=O)[O-])ccc2N2CCN(c3ccccc3)CC2)C(=O)N1. The van der Waals surface area contributed by atoms with Crippen LogP contribution in [0.3, 0.4) is 0 Å². The molecule has 0 aromatic heterocycles. The number of nitrogens with zero attached hydrogens (tertiary/aromatic N) is 3. The van der Waals surface area contributed by atoms with Crippen molar-refractivity contribution < 1.29 is 19.3 Å². The number of carbonyl (C=O) groups is 3. The van der Waals surface area contributed by atoms with E-state index in [1.807, 2.05) is 41.0 Å². The average Bonchev–Trinajstić information content (AvgIpc) is 2.77. The van der Waals surface area contributed by atoms with Crippen molar-refractivity contribution in [1.82, 2.24) is 10.6 Å². The van der Waals surface area contributed by atoms with Crippen molar-refractivity contribution in [3.8, 4) is 0 Å². The number of nitro benzene ring substituents is 1. The Hall–Kier alpha value is -4.21. The number of amides is 4. The van der Waals surface area contributed by atoms with Gasteiger partial charge >= 0.3 is 6.03 Å². The molecule has 0 radical (unpaired) electrons. The number of carbonyl (C=O) groups excluding carboxylic acids is 3. The molecule has 10 heteroatoms. The maximum absolute atomic E-state index is 12.1. The maximum Gasteiger partial charge on any atom is 0.328 e. The van der Waals surface area contributed by atoms with Gasteiger partial charge in [-0.25, -0.2) is 4.79 Å². The lowest BCUT2D eigenvalue weighted by Crippen LogP contribution is -2.51. The van der Waals surface area contributed by atoms with Crippen molar-refractivity contribution in [2.24, 2.45) is 0 Å². The van der Waals surface area contributed by atoms with E-state index in [9.17, 15) is 24.5 Å². The third kappa shape index (κ3) is 4.22. The maximum atomic E-state index is 12.1. The van der Waals surface area contributed by atoms with E-state index in [2.05, 4.69) is 9.80 Å². The second kappa shape index (κ2) is 8.27. The van der Waals surface area contributed by atoms with Crippen LogP contribution in [0, 0.1) is 10.1 Å². The van der Waals surface area contributed by atoms with Crippen molar-refractivity contribution in [2.45, 2.75) is 0 Å². The van der Waals surface area contributed by atoms with Gasteiger partial charge in [-0.1, -0.05) is 18.2 Å². The van der Waals surface area contributed by atoms with Crippen LogP contribution in [0.15, 0.2) is 54.1 Å². The van der Waals surface area contributed by atoms with Crippen LogP contribution in [0.25, 0.3) is 6.08 Å². The fourth-order valence-electron chi connectivity index (χ4n) is 3.67. The quantitative estimate of drug-likeness (QED) is 0.333. The molecule has 0 unspecified atom stereocenters. The molecule has 2 aromatic carbocycles. The molecule has 0 atom stereocenters. The van der Waals surface area contributed by atoms with Crippen LogP contribution >= 0.6 is 0 Å². The number of urea groups is 1. The molecule has 0 bridgehead atoms. The Morgan fingerprint density at radius 1 is 0.871 bits per heavy atom. The number of anilines is 2. The Kier molecular flexibility index (Phi) is 5.35. The first-order valence-corrected chi connectivity index (χ1v) is 9.64. The van der Waals surface area contributed by atoms with Gasteiger partial charge in [-0.3, -0.25) is 30.3 Å². The summed E-state index contributed by atoms with van der Waals surface area (Å²) in [6.07, 6.45) is 1.28. The Morgan fingerprint density at radius 3 is 2.10 bits per heavy atom. The summed E-state index contributed by atoms with van der Waals surface area (Å²) < 4.78 is 0. The summed E-state index contributed by atoms with van der Waals surface area (Å²) in [5.41, 5.74) is 1.70. The van der Waals surface area contributed by atoms with Gasteiger partial charge in [0.25, 0.3) is 17.5 Å². The summed E-state index contributed by atoms with van der Waals surface area (Å²) >= 11 is 0. The highest BCUT2D eigenvalue weighted by molar-refractivity contribution is 6.31. The monoisotopic (exact) mass is 421 g/mol. The van der Waals surface area contributed by atoms with Crippen molar-refractivity contribution in [2.75, 3.05) is 36.0 Å². The highest BCUT2D eigenvalue weighted by Crippen LogP contribution is 2.29. The van der Waals surface area contributed by atoms with Gasteiger partial charge < -0.3 is 9.80 Å². The van der Waals surface area contributed by atoms with Gasteiger partial charge in [0.05, 0.1) is 4.92 Å². The van der Waals surface area contributed by atoms with Crippen LogP contribution in [0.2, 0.25) is 0 Å². The summed E-state index contributed by atoms with van der Waals surface area (Å²) in [6, 6.07) is 13.4. The van der Waals surface area contributed by atoms with Gasteiger partial charge in [0, 0.05) is 55.2 Å². The van der Waals surface area contributed by atoms with Crippen molar-refractivity contribution in [3.63, 3.8) is 0 Å². The van der Waals surface area contributed by atoms with Crippen LogP contribution in [0.4, 0.5) is 21.9 Å². The van der Waals surface area contributed by atoms with E-state index in [1.165, 1.54) is 18.2 Å². The number of para-hydroxylation sites is 1. The lowest BCUT2D eigenvalue weighted by atomic mass is 10.0. The van der Waals surface area contributed by atoms with Crippen molar-refractivity contribution >= 4 is 41.0 Å². The predicted octanol–water partition coefficient (Wildman–Crippen LogP) is 1.67. The predicted molar refractivity (Wildman–Crippen MR) is 114 cm³/mol. The molecule has 0 spiro atoms. The Bertz CT molecular complexity index is 1070. The zero-order valence-corrected chi connectivity index (χ0v) is 16.4. The highest BCUT2D eigenvalue weighted by atomic mass is 16.6. The smallest absolute Gasteiger partial charge is 0.328 e. The minimum Gasteiger partial charge on any atom is -0.368 e. The Labute approximate surface area is 177 Å². The Morgan fingerprint density at radius 2 is 1.48 bits per heavy atom. The second-order valence-corrected chi connectivity index (χ2v) is 7.11. The van der Waals surface area contributed by atoms with Gasteiger partial charge in [0.1, 0.15) is 5.57 Å². The lowest BCUT2D eigenvalue weighted by Gasteiger charge is -2.38. The number of non-ortho nitro benzene ring substituents is 1. The highest BCUT2D eigenvalue weighted by Gasteiger charge is 2.29. The number of nitrogens with one attached hydrogen (secondary N) is 2.